The molecule has 0 spiro atoms. The fraction of sp³-hybridized carbons (Fsp3) is 0.209. The molecule has 1 saturated heterocycles. The molecule has 2 N–H and O–H groups in total. The average molecular weight is 671 g/mol. The molecule has 11 rings (SSSR count). The van der Waals surface area contributed by atoms with E-state index in [0.717, 1.165) is 107 Å². The summed E-state index contributed by atoms with van der Waals surface area (Å²) in [6.45, 7) is 4.77. The van der Waals surface area contributed by atoms with Crippen LogP contribution in [0.5, 0.6) is 11.5 Å². The van der Waals surface area contributed by atoms with Gasteiger partial charge in [-0.25, -0.2) is 0 Å². The Kier molecular flexibility index (Phi) is 7.08. The fourth-order valence-corrected chi connectivity index (χ4v) is 8.41. The Morgan fingerprint density at radius 2 is 1.29 bits per heavy atom. The number of rotatable bonds is 6. The zero-order valence-electron chi connectivity index (χ0n) is 28.7. The second-order valence-electron chi connectivity index (χ2n) is 13.8. The minimum atomic E-state index is 0.0121. The lowest BCUT2D eigenvalue weighted by Gasteiger charge is -2.38. The molecular weight excluding hydrogens is 633 g/mol. The zero-order valence-corrected chi connectivity index (χ0v) is 28.7. The minimum Gasteiger partial charge on any atom is -0.497 e. The maximum Gasteiger partial charge on any atom is 0.118 e. The van der Waals surface area contributed by atoms with Crippen LogP contribution in [0.3, 0.4) is 0 Å². The van der Waals surface area contributed by atoms with Gasteiger partial charge in [0.2, 0.25) is 0 Å². The maximum atomic E-state index is 5.66. The number of H-pyrrole nitrogens is 2. The number of fused-ring (bicyclic) bond motifs is 8. The number of aromatic nitrogens is 4. The summed E-state index contributed by atoms with van der Waals surface area (Å²) in [6, 6.07) is 36.3. The molecule has 3 aliphatic heterocycles. The molecule has 1 fully saturated rings. The van der Waals surface area contributed by atoms with E-state index in [0.29, 0.717) is 0 Å². The van der Waals surface area contributed by atoms with E-state index < -0.39 is 0 Å². The van der Waals surface area contributed by atoms with Crippen molar-refractivity contribution in [2.75, 3.05) is 40.4 Å². The van der Waals surface area contributed by atoms with Gasteiger partial charge in [-0.3, -0.25) is 19.8 Å². The Hall–Kier alpha value is -5.70. The smallest absolute Gasteiger partial charge is 0.118 e. The number of hydrogen-bond acceptors (Lipinski definition) is 6. The van der Waals surface area contributed by atoms with Crippen molar-refractivity contribution in [1.82, 2.24) is 29.7 Å². The van der Waals surface area contributed by atoms with Gasteiger partial charge in [-0.1, -0.05) is 48.5 Å². The largest absolute Gasteiger partial charge is 0.497 e. The van der Waals surface area contributed by atoms with E-state index in [1.54, 1.807) is 14.2 Å². The molecule has 4 bridgehead atoms. The lowest BCUT2D eigenvalue weighted by Crippen LogP contribution is -2.47. The van der Waals surface area contributed by atoms with Gasteiger partial charge in [0, 0.05) is 88.5 Å². The van der Waals surface area contributed by atoms with Crippen molar-refractivity contribution in [1.29, 1.82) is 0 Å². The quantitative estimate of drug-likeness (QED) is 0.185. The first kappa shape index (κ1) is 30.2. The van der Waals surface area contributed by atoms with Gasteiger partial charge in [-0.15, -0.1) is 0 Å². The summed E-state index contributed by atoms with van der Waals surface area (Å²) in [7, 11) is 3.42. The normalized spacial score (nSPS) is 18.7. The van der Waals surface area contributed by atoms with Crippen LogP contribution in [-0.2, 0) is 13.0 Å². The first-order chi connectivity index (χ1) is 25.1. The Balaban J connectivity index is 1.22. The molecule has 51 heavy (non-hydrogen) atoms. The van der Waals surface area contributed by atoms with Gasteiger partial charge >= 0.3 is 0 Å². The Morgan fingerprint density at radius 1 is 0.667 bits per heavy atom. The van der Waals surface area contributed by atoms with E-state index >= 15 is 0 Å². The van der Waals surface area contributed by atoms with Gasteiger partial charge in [0.15, 0.2) is 0 Å². The molecule has 252 valence electrons. The van der Waals surface area contributed by atoms with E-state index in [2.05, 4.69) is 111 Å². The zero-order chi connectivity index (χ0) is 34.1. The highest BCUT2D eigenvalue weighted by atomic mass is 16.5. The van der Waals surface area contributed by atoms with Crippen LogP contribution in [0.15, 0.2) is 103 Å². The molecule has 8 nitrogen and oxygen atoms in total. The summed E-state index contributed by atoms with van der Waals surface area (Å²) in [5.74, 6) is 1.67. The highest BCUT2D eigenvalue weighted by molar-refractivity contribution is 6.15. The summed E-state index contributed by atoms with van der Waals surface area (Å²) < 4.78 is 11.1. The first-order valence-corrected chi connectivity index (χ1v) is 17.7. The summed E-state index contributed by atoms with van der Waals surface area (Å²) in [4.78, 5) is 23.8. The topological polar surface area (TPSA) is 82.3 Å². The number of methoxy groups -OCH3 is 2. The van der Waals surface area contributed by atoms with Crippen LogP contribution in [0.1, 0.15) is 23.1 Å². The van der Waals surface area contributed by atoms with Crippen LogP contribution in [-0.4, -0.2) is 70.1 Å². The third-order valence-corrected chi connectivity index (χ3v) is 11.0. The van der Waals surface area contributed by atoms with Crippen molar-refractivity contribution >= 4 is 43.6 Å². The molecule has 8 heteroatoms. The summed E-state index contributed by atoms with van der Waals surface area (Å²) in [5, 5.41) is 4.85. The lowest BCUT2D eigenvalue weighted by molar-refractivity contribution is 0.0942. The summed E-state index contributed by atoms with van der Waals surface area (Å²) >= 11 is 0. The SMILES string of the molecule is COc1ccc(-c2nc(CC3c4nc(c5[nH]c6ccccc6c5c4-c4ccc(OC)cc4)CN4CCN3CC4)cc3c2[nH]c2ccccc23)cc1. The van der Waals surface area contributed by atoms with Crippen molar-refractivity contribution in [2.45, 2.75) is 19.0 Å². The Labute approximate surface area is 295 Å². The molecule has 0 saturated carbocycles. The second-order valence-corrected chi connectivity index (χ2v) is 13.8. The molecule has 4 aromatic carbocycles. The molecular formula is C43H38N6O2. The fourth-order valence-electron chi connectivity index (χ4n) is 8.41. The molecule has 1 unspecified atom stereocenters. The monoisotopic (exact) mass is 670 g/mol. The van der Waals surface area contributed by atoms with E-state index in [9.17, 15) is 0 Å². The third-order valence-electron chi connectivity index (χ3n) is 11.0. The van der Waals surface area contributed by atoms with Crippen LogP contribution in [0.25, 0.3) is 66.0 Å². The van der Waals surface area contributed by atoms with Crippen LogP contribution in [0.2, 0.25) is 0 Å². The van der Waals surface area contributed by atoms with Gasteiger partial charge in [0.25, 0.3) is 0 Å². The molecule has 0 radical (unpaired) electrons. The number of hydrogen-bond donors (Lipinski definition) is 2. The van der Waals surface area contributed by atoms with Crippen LogP contribution in [0.4, 0.5) is 0 Å². The van der Waals surface area contributed by atoms with Crippen LogP contribution < -0.4 is 9.47 Å². The summed E-state index contributed by atoms with van der Waals surface area (Å²) in [5.41, 5.74) is 12.0. The maximum absolute atomic E-state index is 5.66. The van der Waals surface area contributed by atoms with E-state index in [-0.39, 0.29) is 6.04 Å². The van der Waals surface area contributed by atoms with Gasteiger partial charge < -0.3 is 19.4 Å². The van der Waals surface area contributed by atoms with E-state index in [1.165, 1.54) is 27.1 Å². The molecule has 3 aliphatic rings. The highest BCUT2D eigenvalue weighted by Gasteiger charge is 2.34. The van der Waals surface area contributed by atoms with Crippen molar-refractivity contribution in [3.05, 3.63) is 120 Å². The van der Waals surface area contributed by atoms with Gasteiger partial charge in [-0.2, -0.15) is 0 Å². The second kappa shape index (κ2) is 12.0. The van der Waals surface area contributed by atoms with E-state index in [1.807, 2.05) is 12.1 Å². The number of aromatic amines is 2. The van der Waals surface area contributed by atoms with Crippen LogP contribution >= 0.6 is 0 Å². The number of nitrogens with one attached hydrogen (secondary N) is 2. The van der Waals surface area contributed by atoms with E-state index in [4.69, 9.17) is 19.4 Å². The number of nitrogens with zero attached hydrogens (tertiary/aromatic N) is 4. The number of pyridine rings is 2. The number of ether oxygens (including phenoxy) is 2. The molecule has 7 heterocycles. The Bertz CT molecular complexity index is 2580. The molecule has 8 aromatic rings. The van der Waals surface area contributed by atoms with Gasteiger partial charge in [0.1, 0.15) is 11.5 Å². The highest BCUT2D eigenvalue weighted by Crippen LogP contribution is 2.44. The third kappa shape index (κ3) is 4.97. The number of para-hydroxylation sites is 2. The lowest BCUT2D eigenvalue weighted by atomic mass is 9.91. The molecule has 1 atom stereocenters. The Morgan fingerprint density at radius 3 is 2.00 bits per heavy atom. The average Bonchev–Trinajstić information content (AvgIpc) is 3.78. The van der Waals surface area contributed by atoms with Gasteiger partial charge in [-0.05, 0) is 60.2 Å². The van der Waals surface area contributed by atoms with Crippen LogP contribution in [0, 0.1) is 0 Å². The molecule has 0 aliphatic carbocycles. The molecule has 0 amide bonds. The predicted molar refractivity (Wildman–Crippen MR) is 204 cm³/mol. The van der Waals surface area contributed by atoms with Crippen molar-refractivity contribution in [3.8, 4) is 33.9 Å². The predicted octanol–water partition coefficient (Wildman–Crippen LogP) is 8.51. The van der Waals surface area contributed by atoms with Crippen molar-refractivity contribution in [3.63, 3.8) is 0 Å². The minimum absolute atomic E-state index is 0.0121. The van der Waals surface area contributed by atoms with Crippen molar-refractivity contribution in [2.24, 2.45) is 0 Å². The summed E-state index contributed by atoms with van der Waals surface area (Å²) in [6.07, 6.45) is 0.724. The van der Waals surface area contributed by atoms with Gasteiger partial charge in [0.05, 0.1) is 48.4 Å². The van der Waals surface area contributed by atoms with Crippen molar-refractivity contribution < 1.29 is 9.47 Å². The molecule has 4 aromatic heterocycles. The number of piperazine rings is 1. The first-order valence-electron chi connectivity index (χ1n) is 17.7. The standard InChI is InChI=1S/C43H38N6O2/c1-50-29-15-11-26(12-16-29)38-39-32-8-4-6-10-35(32)46-42(39)36-25-48-19-21-49(22-20-48)37(43(38)47-36)24-28-23-33-31-7-3-5-9-34(31)45-41(33)40(44-28)27-13-17-30(51-2)18-14-27/h3-18,23,37,45-46H,19-22,24-25H2,1-2H3. The number of benzene rings is 4.